The Kier molecular flexibility index (Phi) is 5.51. The molecule has 1 N–H and O–H groups in total. The number of fused-ring (bicyclic) bond motifs is 5. The molecule has 2 amide bonds. The molecule has 0 unspecified atom stereocenters. The van der Waals surface area contributed by atoms with Crippen LogP contribution in [-0.2, 0) is 21.5 Å². The highest BCUT2D eigenvalue weighted by Gasteiger charge is 2.56. The van der Waals surface area contributed by atoms with E-state index >= 15 is 0 Å². The summed E-state index contributed by atoms with van der Waals surface area (Å²) in [7, 11) is 1.65. The molecule has 1 fully saturated rings. The minimum atomic E-state index is -1.16. The predicted octanol–water partition coefficient (Wildman–Crippen LogP) is 4.59. The number of rotatable bonds is 5. The Morgan fingerprint density at radius 2 is 1.76 bits per heavy atom. The SMILES string of the molecule is COc1ccccc1[C@@H]1CN2C(=O)CN(CCc3ccc(F)cc3)C(=O)[C@]2(C)c2[nH]c3ccccc3c21. The van der Waals surface area contributed by atoms with Gasteiger partial charge in [-0.2, -0.15) is 0 Å². The van der Waals surface area contributed by atoms with Crippen LogP contribution in [0.2, 0.25) is 0 Å². The van der Waals surface area contributed by atoms with Gasteiger partial charge in [0.2, 0.25) is 5.91 Å². The van der Waals surface area contributed by atoms with Crippen molar-refractivity contribution >= 4 is 22.7 Å². The second-order valence-corrected chi connectivity index (χ2v) is 9.93. The van der Waals surface area contributed by atoms with E-state index < -0.39 is 5.54 Å². The highest BCUT2D eigenvalue weighted by Crippen LogP contribution is 2.49. The number of H-pyrrole nitrogens is 1. The third-order valence-corrected chi connectivity index (χ3v) is 7.92. The van der Waals surface area contributed by atoms with Gasteiger partial charge in [0, 0.05) is 35.5 Å². The van der Waals surface area contributed by atoms with E-state index in [1.165, 1.54) is 12.1 Å². The number of piperazine rings is 1. The summed E-state index contributed by atoms with van der Waals surface area (Å²) >= 11 is 0. The fourth-order valence-corrected chi connectivity index (χ4v) is 6.01. The Labute approximate surface area is 214 Å². The van der Waals surface area contributed by atoms with Crippen LogP contribution < -0.4 is 4.74 Å². The zero-order valence-corrected chi connectivity index (χ0v) is 20.8. The molecule has 2 aliphatic rings. The van der Waals surface area contributed by atoms with Gasteiger partial charge < -0.3 is 19.5 Å². The van der Waals surface area contributed by atoms with Crippen molar-refractivity contribution < 1.29 is 18.7 Å². The van der Waals surface area contributed by atoms with Gasteiger partial charge in [0.05, 0.1) is 19.3 Å². The summed E-state index contributed by atoms with van der Waals surface area (Å²) < 4.78 is 19.0. The number of benzene rings is 3. The Morgan fingerprint density at radius 3 is 2.54 bits per heavy atom. The second kappa shape index (κ2) is 8.76. The van der Waals surface area contributed by atoms with Crippen LogP contribution in [0.4, 0.5) is 4.39 Å². The highest BCUT2D eigenvalue weighted by atomic mass is 19.1. The van der Waals surface area contributed by atoms with Crippen molar-refractivity contribution in [2.45, 2.75) is 24.8 Å². The number of carbonyl (C=O) groups is 2. The fraction of sp³-hybridized carbons (Fsp3) is 0.267. The molecule has 6 nitrogen and oxygen atoms in total. The quantitative estimate of drug-likeness (QED) is 0.439. The molecule has 4 aromatic rings. The maximum absolute atomic E-state index is 14.1. The molecule has 1 aromatic heterocycles. The van der Waals surface area contributed by atoms with E-state index in [-0.39, 0.29) is 30.1 Å². The van der Waals surface area contributed by atoms with Crippen molar-refractivity contribution in [2.24, 2.45) is 0 Å². The summed E-state index contributed by atoms with van der Waals surface area (Å²) in [6.45, 7) is 2.63. The molecule has 1 saturated heterocycles. The normalized spacial score (nSPS) is 21.2. The molecule has 0 saturated carbocycles. The Hall–Kier alpha value is -4.13. The molecule has 0 radical (unpaired) electrons. The summed E-state index contributed by atoms with van der Waals surface area (Å²) in [6, 6.07) is 22.1. The fourth-order valence-electron chi connectivity index (χ4n) is 6.01. The molecule has 0 aliphatic carbocycles. The van der Waals surface area contributed by atoms with Gasteiger partial charge in [-0.25, -0.2) is 4.39 Å². The van der Waals surface area contributed by atoms with Crippen LogP contribution in [0.3, 0.4) is 0 Å². The molecule has 2 atom stereocenters. The van der Waals surface area contributed by atoms with E-state index in [0.29, 0.717) is 19.5 Å². The summed E-state index contributed by atoms with van der Waals surface area (Å²) in [5.41, 5.74) is 3.45. The van der Waals surface area contributed by atoms with Gasteiger partial charge in [-0.05, 0) is 48.7 Å². The first-order valence-corrected chi connectivity index (χ1v) is 12.5. The predicted molar refractivity (Wildman–Crippen MR) is 139 cm³/mol. The number of aromatic amines is 1. The maximum Gasteiger partial charge on any atom is 0.254 e. The van der Waals surface area contributed by atoms with Gasteiger partial charge in [0.25, 0.3) is 5.91 Å². The van der Waals surface area contributed by atoms with E-state index in [2.05, 4.69) is 11.1 Å². The number of ether oxygens (including phenoxy) is 1. The number of nitrogens with zero attached hydrogens (tertiary/aromatic N) is 2. The van der Waals surface area contributed by atoms with Crippen molar-refractivity contribution in [3.63, 3.8) is 0 Å². The lowest BCUT2D eigenvalue weighted by molar-refractivity contribution is -0.166. The van der Waals surface area contributed by atoms with Crippen LogP contribution in [0.25, 0.3) is 10.9 Å². The number of halogens is 1. The third-order valence-electron chi connectivity index (χ3n) is 7.92. The molecule has 7 heteroatoms. The van der Waals surface area contributed by atoms with Crippen LogP contribution in [0, 0.1) is 5.82 Å². The minimum absolute atomic E-state index is 0.0177. The Morgan fingerprint density at radius 1 is 1.03 bits per heavy atom. The summed E-state index contributed by atoms with van der Waals surface area (Å²) in [5, 5.41) is 1.04. The summed E-state index contributed by atoms with van der Waals surface area (Å²) in [5.74, 6) is 0.0992. The lowest BCUT2D eigenvalue weighted by Crippen LogP contribution is -2.67. The van der Waals surface area contributed by atoms with Gasteiger partial charge in [0.1, 0.15) is 11.6 Å². The Bertz CT molecular complexity index is 1510. The lowest BCUT2D eigenvalue weighted by Gasteiger charge is -2.51. The van der Waals surface area contributed by atoms with Gasteiger partial charge in [0.15, 0.2) is 5.54 Å². The number of hydrogen-bond acceptors (Lipinski definition) is 3. The van der Waals surface area contributed by atoms with E-state index in [1.807, 2.05) is 49.4 Å². The van der Waals surface area contributed by atoms with Crippen molar-refractivity contribution in [1.29, 1.82) is 0 Å². The largest absolute Gasteiger partial charge is 0.496 e. The zero-order valence-electron chi connectivity index (χ0n) is 20.8. The molecular weight excluding hydrogens is 469 g/mol. The van der Waals surface area contributed by atoms with Crippen molar-refractivity contribution in [1.82, 2.24) is 14.8 Å². The molecular formula is C30H28FN3O3. The minimum Gasteiger partial charge on any atom is -0.496 e. The number of para-hydroxylation sites is 2. The summed E-state index contributed by atoms with van der Waals surface area (Å²) in [6.07, 6.45) is 0.540. The van der Waals surface area contributed by atoms with Crippen molar-refractivity contribution in [2.75, 3.05) is 26.7 Å². The van der Waals surface area contributed by atoms with Crippen LogP contribution >= 0.6 is 0 Å². The Balaban J connectivity index is 1.45. The van der Waals surface area contributed by atoms with E-state index in [4.69, 9.17) is 4.74 Å². The van der Waals surface area contributed by atoms with Crippen LogP contribution in [0.5, 0.6) is 5.75 Å². The van der Waals surface area contributed by atoms with Gasteiger partial charge in [-0.15, -0.1) is 0 Å². The van der Waals surface area contributed by atoms with Gasteiger partial charge >= 0.3 is 0 Å². The number of hydrogen-bond donors (Lipinski definition) is 1. The molecule has 37 heavy (non-hydrogen) atoms. The smallest absolute Gasteiger partial charge is 0.254 e. The first kappa shape index (κ1) is 23.3. The topological polar surface area (TPSA) is 65.6 Å². The standard InChI is InChI=1S/C30H28FN3O3/c1-30-28-27(22-8-3-5-9-24(22)32-28)23(21-7-4-6-10-25(21)37-2)17-34(30)26(35)18-33(29(30)36)16-15-19-11-13-20(31)14-12-19/h3-14,23,32H,15-18H2,1-2H3/t23-,30-/m0/s1. The zero-order chi connectivity index (χ0) is 25.7. The first-order chi connectivity index (χ1) is 17.9. The average Bonchev–Trinajstić information content (AvgIpc) is 3.32. The monoisotopic (exact) mass is 497 g/mol. The third kappa shape index (κ3) is 3.60. The molecule has 0 bridgehead atoms. The van der Waals surface area contributed by atoms with E-state index in [1.54, 1.807) is 29.0 Å². The number of aromatic nitrogens is 1. The molecule has 6 rings (SSSR count). The molecule has 2 aliphatic heterocycles. The number of nitrogens with one attached hydrogen (secondary N) is 1. The number of carbonyl (C=O) groups excluding carboxylic acids is 2. The van der Waals surface area contributed by atoms with E-state index in [0.717, 1.165) is 39.0 Å². The summed E-state index contributed by atoms with van der Waals surface area (Å²) in [4.78, 5) is 34.7. The molecule has 3 aromatic carbocycles. The van der Waals surface area contributed by atoms with Gasteiger partial charge in [-0.3, -0.25) is 9.59 Å². The van der Waals surface area contributed by atoms with Crippen LogP contribution in [-0.4, -0.2) is 53.3 Å². The second-order valence-electron chi connectivity index (χ2n) is 9.93. The average molecular weight is 498 g/mol. The maximum atomic E-state index is 14.1. The van der Waals surface area contributed by atoms with Crippen LogP contribution in [0.15, 0.2) is 72.8 Å². The lowest BCUT2D eigenvalue weighted by atomic mass is 9.76. The van der Waals surface area contributed by atoms with Gasteiger partial charge in [-0.1, -0.05) is 48.5 Å². The number of methoxy groups -OCH3 is 1. The van der Waals surface area contributed by atoms with Crippen LogP contribution in [0.1, 0.15) is 35.2 Å². The number of amides is 2. The molecule has 3 heterocycles. The first-order valence-electron chi connectivity index (χ1n) is 12.5. The highest BCUT2D eigenvalue weighted by molar-refractivity contribution is 6.01. The molecule has 0 spiro atoms. The van der Waals surface area contributed by atoms with Crippen molar-refractivity contribution in [3.8, 4) is 5.75 Å². The van der Waals surface area contributed by atoms with Crippen molar-refractivity contribution in [3.05, 3.63) is 101 Å². The molecule has 188 valence electrons. The van der Waals surface area contributed by atoms with E-state index in [9.17, 15) is 14.0 Å².